The van der Waals surface area contributed by atoms with Gasteiger partial charge in [0, 0.05) is 23.7 Å². The van der Waals surface area contributed by atoms with Crippen molar-refractivity contribution in [3.8, 4) is 0 Å². The number of rotatable bonds is 7. The van der Waals surface area contributed by atoms with Crippen molar-refractivity contribution in [2.24, 2.45) is 10.3 Å². The maximum atomic E-state index is 9.06. The highest BCUT2D eigenvalue weighted by Gasteiger charge is 2.10. The molecule has 0 bridgehead atoms. The quantitative estimate of drug-likeness (QED) is 0.334. The van der Waals surface area contributed by atoms with Crippen LogP contribution < -0.4 is 5.32 Å². The van der Waals surface area contributed by atoms with E-state index < -0.39 is 0 Å². The molecule has 0 atom stereocenters. The summed E-state index contributed by atoms with van der Waals surface area (Å²) >= 11 is 0. The molecule has 0 radical (unpaired) electrons. The summed E-state index contributed by atoms with van der Waals surface area (Å²) < 4.78 is 5.36. The zero-order valence-electron chi connectivity index (χ0n) is 17.9. The second-order valence-electron chi connectivity index (χ2n) is 6.11. The number of nitrogens with one attached hydrogen (secondary N) is 1. The van der Waals surface area contributed by atoms with E-state index in [1.165, 1.54) is 7.11 Å². The van der Waals surface area contributed by atoms with Crippen LogP contribution in [0.2, 0.25) is 0 Å². The van der Waals surface area contributed by atoms with Gasteiger partial charge in [-0.3, -0.25) is 4.79 Å². The van der Waals surface area contributed by atoms with Gasteiger partial charge in [-0.1, -0.05) is 41.1 Å². The molecule has 0 saturated carbocycles. The van der Waals surface area contributed by atoms with Crippen LogP contribution >= 0.6 is 0 Å². The van der Waals surface area contributed by atoms with Gasteiger partial charge in [0.1, 0.15) is 13.7 Å². The number of carbonyl (C=O) groups excluding carboxylic acids is 1. The van der Waals surface area contributed by atoms with Crippen LogP contribution in [0.3, 0.4) is 0 Å². The maximum absolute atomic E-state index is 9.06. The van der Waals surface area contributed by atoms with E-state index in [1.807, 2.05) is 63.2 Å². The van der Waals surface area contributed by atoms with E-state index in [4.69, 9.17) is 19.2 Å². The lowest BCUT2D eigenvalue weighted by Gasteiger charge is -2.12. The number of nitrogens with zero attached hydrogens (tertiary/aromatic N) is 2. The first-order valence-corrected chi connectivity index (χ1v) is 9.06. The first-order valence-electron chi connectivity index (χ1n) is 9.06. The van der Waals surface area contributed by atoms with E-state index in [9.17, 15) is 0 Å². The van der Waals surface area contributed by atoms with Crippen LogP contribution in [-0.4, -0.2) is 39.3 Å². The van der Waals surface area contributed by atoms with E-state index in [2.05, 4.69) is 15.6 Å². The first-order chi connectivity index (χ1) is 14.0. The summed E-state index contributed by atoms with van der Waals surface area (Å²) in [4.78, 5) is 19.5. The Kier molecular flexibility index (Phi) is 10.6. The van der Waals surface area contributed by atoms with E-state index in [0.29, 0.717) is 18.9 Å². The molecule has 2 aromatic carbocycles. The Morgan fingerprint density at radius 2 is 1.79 bits per heavy atom. The van der Waals surface area contributed by atoms with Gasteiger partial charge in [0.25, 0.3) is 5.90 Å². The Labute approximate surface area is 172 Å². The molecule has 0 spiro atoms. The van der Waals surface area contributed by atoms with Crippen molar-refractivity contribution < 1.29 is 19.2 Å². The molecule has 0 aliphatic carbocycles. The number of oxime groups is 2. The standard InChI is InChI=1S/C20H24N2O3.C2H5NO/c1-14-8-6-10-17(12-14)20(23-4)22-25-13-19-15(2)9-7-11-18(19)16(3)21-24-5;1-3-2-4/h6-12H,13H2,1-5H3;2H,1H3,(H,3,4)/b21-16-,22-20-;. The van der Waals surface area contributed by atoms with E-state index >= 15 is 0 Å². The molecule has 0 saturated heterocycles. The number of carbonyl (C=O) groups is 1. The number of benzene rings is 2. The van der Waals surface area contributed by atoms with Gasteiger partial charge in [0.05, 0.1) is 12.8 Å². The topological polar surface area (TPSA) is 81.5 Å². The number of hydrogen-bond acceptors (Lipinski definition) is 6. The third-order valence-electron chi connectivity index (χ3n) is 3.96. The molecule has 0 unspecified atom stereocenters. The van der Waals surface area contributed by atoms with Crippen molar-refractivity contribution in [2.75, 3.05) is 21.3 Å². The second kappa shape index (κ2) is 12.9. The first kappa shape index (κ1) is 23.7. The number of ether oxygens (including phenoxy) is 1. The zero-order valence-corrected chi connectivity index (χ0v) is 17.9. The van der Waals surface area contributed by atoms with Gasteiger partial charge < -0.3 is 19.7 Å². The van der Waals surface area contributed by atoms with Crippen LogP contribution in [0, 0.1) is 13.8 Å². The summed E-state index contributed by atoms with van der Waals surface area (Å²) in [5, 5.41) is 10.4. The average molecular weight is 399 g/mol. The maximum Gasteiger partial charge on any atom is 0.257 e. The SMILES string of the molecule is CNC=O.CO/N=C(/C)c1cccc(C)c1CO/N=C(\OC)c1cccc(C)c1. The van der Waals surface area contributed by atoms with Crippen molar-refractivity contribution in [3.05, 3.63) is 70.3 Å². The smallest absolute Gasteiger partial charge is 0.257 e. The van der Waals surface area contributed by atoms with Gasteiger partial charge in [-0.15, -0.1) is 0 Å². The molecule has 7 heteroatoms. The van der Waals surface area contributed by atoms with Crippen LogP contribution in [0.5, 0.6) is 0 Å². The second-order valence-corrected chi connectivity index (χ2v) is 6.11. The van der Waals surface area contributed by atoms with Gasteiger partial charge in [-0.2, -0.15) is 0 Å². The molecule has 0 aliphatic rings. The minimum atomic E-state index is 0.317. The van der Waals surface area contributed by atoms with Crippen LogP contribution in [0.25, 0.3) is 0 Å². The van der Waals surface area contributed by atoms with E-state index in [1.54, 1.807) is 14.2 Å². The molecule has 1 amide bonds. The molecule has 0 heterocycles. The highest BCUT2D eigenvalue weighted by molar-refractivity contribution is 6.00. The van der Waals surface area contributed by atoms with Gasteiger partial charge >= 0.3 is 0 Å². The molecule has 2 aromatic rings. The normalized spacial score (nSPS) is 11.1. The number of aryl methyl sites for hydroxylation is 2. The van der Waals surface area contributed by atoms with Crippen molar-refractivity contribution >= 4 is 18.0 Å². The molecule has 7 nitrogen and oxygen atoms in total. The van der Waals surface area contributed by atoms with Crippen LogP contribution in [-0.2, 0) is 25.8 Å². The Bertz CT molecular complexity index is 848. The largest absolute Gasteiger partial charge is 0.479 e. The lowest BCUT2D eigenvalue weighted by Crippen LogP contribution is -2.07. The zero-order chi connectivity index (χ0) is 21.6. The highest BCUT2D eigenvalue weighted by atomic mass is 16.6. The molecule has 0 fully saturated rings. The summed E-state index contributed by atoms with van der Waals surface area (Å²) in [5.74, 6) is 0.445. The molecular formula is C22H29N3O4. The summed E-state index contributed by atoms with van der Waals surface area (Å²) in [6.07, 6.45) is 0.625. The van der Waals surface area contributed by atoms with Crippen molar-refractivity contribution in [3.63, 3.8) is 0 Å². The average Bonchev–Trinajstić information content (AvgIpc) is 2.72. The fourth-order valence-corrected chi connectivity index (χ4v) is 2.56. The summed E-state index contributed by atoms with van der Waals surface area (Å²) in [5.41, 5.74) is 5.91. The van der Waals surface area contributed by atoms with E-state index in [-0.39, 0.29) is 0 Å². The molecular weight excluding hydrogens is 370 g/mol. The number of methoxy groups -OCH3 is 1. The summed E-state index contributed by atoms with van der Waals surface area (Å²) in [6, 6.07) is 13.9. The number of amides is 1. The van der Waals surface area contributed by atoms with Gasteiger partial charge in [-0.25, -0.2) is 0 Å². The summed E-state index contributed by atoms with van der Waals surface area (Å²) in [7, 11) is 4.68. The number of hydrogen-bond donors (Lipinski definition) is 1. The fraction of sp³-hybridized carbons (Fsp3) is 0.318. The lowest BCUT2D eigenvalue weighted by atomic mass is 10.00. The van der Waals surface area contributed by atoms with Crippen LogP contribution in [0.1, 0.15) is 34.7 Å². The van der Waals surface area contributed by atoms with Crippen molar-refractivity contribution in [1.82, 2.24) is 5.32 Å². The monoisotopic (exact) mass is 399 g/mol. The molecule has 1 N–H and O–H groups in total. The molecule has 0 aromatic heterocycles. The lowest BCUT2D eigenvalue weighted by molar-refractivity contribution is -0.109. The Morgan fingerprint density at radius 3 is 2.38 bits per heavy atom. The van der Waals surface area contributed by atoms with Crippen LogP contribution in [0.4, 0.5) is 0 Å². The molecule has 2 rings (SSSR count). The van der Waals surface area contributed by atoms with E-state index in [0.717, 1.165) is 33.5 Å². The third-order valence-corrected chi connectivity index (χ3v) is 3.96. The molecule has 29 heavy (non-hydrogen) atoms. The minimum absolute atomic E-state index is 0.317. The Balaban J connectivity index is 0.000000960. The molecule has 0 aliphatic heterocycles. The van der Waals surface area contributed by atoms with Gasteiger partial charge in [0.2, 0.25) is 6.41 Å². The Morgan fingerprint density at radius 1 is 1.10 bits per heavy atom. The fourth-order valence-electron chi connectivity index (χ4n) is 2.56. The van der Waals surface area contributed by atoms with Crippen molar-refractivity contribution in [2.45, 2.75) is 27.4 Å². The molecule has 156 valence electrons. The van der Waals surface area contributed by atoms with Crippen LogP contribution in [0.15, 0.2) is 52.8 Å². The van der Waals surface area contributed by atoms with Gasteiger partial charge in [-0.05, 0) is 43.6 Å². The predicted molar refractivity (Wildman–Crippen MR) is 115 cm³/mol. The summed E-state index contributed by atoms with van der Waals surface area (Å²) in [6.45, 7) is 6.27. The van der Waals surface area contributed by atoms with Crippen molar-refractivity contribution in [1.29, 1.82) is 0 Å². The highest BCUT2D eigenvalue weighted by Crippen LogP contribution is 2.17. The Hall–Kier alpha value is -3.35. The minimum Gasteiger partial charge on any atom is -0.479 e. The predicted octanol–water partition coefficient (Wildman–Crippen LogP) is 3.56. The van der Waals surface area contributed by atoms with Gasteiger partial charge in [0.15, 0.2) is 0 Å². The third kappa shape index (κ3) is 7.65.